The molecule has 0 bridgehead atoms. The lowest BCUT2D eigenvalue weighted by atomic mass is 10.1. The van der Waals surface area contributed by atoms with Crippen LogP contribution >= 0.6 is 0 Å². The van der Waals surface area contributed by atoms with E-state index in [4.69, 9.17) is 5.10 Å². The van der Waals surface area contributed by atoms with Crippen molar-refractivity contribution in [1.82, 2.24) is 14.7 Å². The molecule has 3 aromatic rings. The molecule has 0 unspecified atom stereocenters. The van der Waals surface area contributed by atoms with E-state index >= 15 is 0 Å². The van der Waals surface area contributed by atoms with Crippen molar-refractivity contribution in [2.75, 3.05) is 18.4 Å². The van der Waals surface area contributed by atoms with Crippen molar-refractivity contribution in [2.24, 2.45) is 0 Å². The summed E-state index contributed by atoms with van der Waals surface area (Å²) < 4.78 is 1.76. The number of amides is 2. The zero-order valence-electron chi connectivity index (χ0n) is 18.7. The Labute approximate surface area is 183 Å². The Morgan fingerprint density at radius 1 is 1.00 bits per heavy atom. The Morgan fingerprint density at radius 2 is 1.68 bits per heavy atom. The summed E-state index contributed by atoms with van der Waals surface area (Å²) in [5, 5.41) is 7.78. The number of hydrogen-bond donors (Lipinski definition) is 1. The largest absolute Gasteiger partial charge is 0.333 e. The fourth-order valence-corrected chi connectivity index (χ4v) is 3.60. The molecule has 0 atom stereocenters. The van der Waals surface area contributed by atoms with Crippen molar-refractivity contribution in [2.45, 2.75) is 40.5 Å². The first kappa shape index (κ1) is 22.3. The smallest absolute Gasteiger partial charge is 0.245 e. The van der Waals surface area contributed by atoms with Gasteiger partial charge in [-0.05, 0) is 38.0 Å². The highest BCUT2D eigenvalue weighted by atomic mass is 16.2. The van der Waals surface area contributed by atoms with Gasteiger partial charge in [0.2, 0.25) is 11.8 Å². The summed E-state index contributed by atoms with van der Waals surface area (Å²) >= 11 is 0. The van der Waals surface area contributed by atoms with E-state index in [2.05, 4.69) is 5.32 Å². The number of aromatic nitrogens is 2. The standard InChI is InChI=1S/C25H30N4O2/c1-5-16-28(23(31)6-2)17-22(30)26-25-24(20-10-8-7-9-11-20)19(4)27-29(25)21-14-12-18(3)13-15-21/h7-15H,5-6,16-17H2,1-4H3,(H,26,30). The molecule has 2 amide bonds. The first-order valence-electron chi connectivity index (χ1n) is 10.7. The third kappa shape index (κ3) is 5.20. The molecule has 0 saturated heterocycles. The van der Waals surface area contributed by atoms with E-state index in [0.717, 1.165) is 34.5 Å². The van der Waals surface area contributed by atoms with E-state index in [9.17, 15) is 9.59 Å². The lowest BCUT2D eigenvalue weighted by Crippen LogP contribution is -2.38. The van der Waals surface area contributed by atoms with Gasteiger partial charge < -0.3 is 10.2 Å². The van der Waals surface area contributed by atoms with Crippen LogP contribution in [0.3, 0.4) is 0 Å². The number of carbonyl (C=O) groups is 2. The summed E-state index contributed by atoms with van der Waals surface area (Å²) in [6, 6.07) is 17.9. The minimum absolute atomic E-state index is 0.0207. The number of aryl methyl sites for hydroxylation is 2. The van der Waals surface area contributed by atoms with Crippen LogP contribution in [0.5, 0.6) is 0 Å². The Bertz CT molecular complexity index is 1040. The van der Waals surface area contributed by atoms with Crippen molar-refractivity contribution >= 4 is 17.6 Å². The van der Waals surface area contributed by atoms with Crippen molar-refractivity contribution < 1.29 is 9.59 Å². The van der Waals surface area contributed by atoms with Crippen LogP contribution in [-0.2, 0) is 9.59 Å². The normalized spacial score (nSPS) is 10.7. The van der Waals surface area contributed by atoms with Gasteiger partial charge in [0.25, 0.3) is 0 Å². The quantitative estimate of drug-likeness (QED) is 0.574. The van der Waals surface area contributed by atoms with Gasteiger partial charge in [-0.1, -0.05) is 61.9 Å². The maximum atomic E-state index is 13.0. The molecule has 1 heterocycles. The van der Waals surface area contributed by atoms with Crippen LogP contribution in [0.25, 0.3) is 16.8 Å². The van der Waals surface area contributed by atoms with Crippen LogP contribution in [0.15, 0.2) is 54.6 Å². The summed E-state index contributed by atoms with van der Waals surface area (Å²) in [5.41, 5.74) is 4.68. The van der Waals surface area contributed by atoms with Crippen molar-refractivity contribution in [1.29, 1.82) is 0 Å². The molecule has 6 nitrogen and oxygen atoms in total. The summed E-state index contributed by atoms with van der Waals surface area (Å²) in [5.74, 6) is 0.349. The predicted octanol–water partition coefficient (Wildman–Crippen LogP) is 4.74. The second-order valence-corrected chi connectivity index (χ2v) is 7.64. The van der Waals surface area contributed by atoms with E-state index in [-0.39, 0.29) is 18.4 Å². The van der Waals surface area contributed by atoms with Gasteiger partial charge in [0.05, 0.1) is 17.9 Å². The summed E-state index contributed by atoms with van der Waals surface area (Å²) in [4.78, 5) is 26.8. The molecule has 0 saturated carbocycles. The van der Waals surface area contributed by atoms with E-state index in [1.54, 1.807) is 9.58 Å². The van der Waals surface area contributed by atoms with E-state index < -0.39 is 0 Å². The zero-order chi connectivity index (χ0) is 22.4. The third-order valence-corrected chi connectivity index (χ3v) is 5.14. The second kappa shape index (κ2) is 10.1. The molecule has 3 rings (SSSR count). The lowest BCUT2D eigenvalue weighted by molar-refractivity contribution is -0.134. The molecule has 0 fully saturated rings. The van der Waals surface area contributed by atoms with Gasteiger partial charge in [-0.15, -0.1) is 0 Å². The van der Waals surface area contributed by atoms with Gasteiger partial charge in [-0.25, -0.2) is 4.68 Å². The summed E-state index contributed by atoms with van der Waals surface area (Å²) in [7, 11) is 0. The zero-order valence-corrected chi connectivity index (χ0v) is 18.7. The summed E-state index contributed by atoms with van der Waals surface area (Å²) in [6.45, 7) is 8.36. The third-order valence-electron chi connectivity index (χ3n) is 5.14. The highest BCUT2D eigenvalue weighted by Gasteiger charge is 2.22. The number of anilines is 1. The maximum Gasteiger partial charge on any atom is 0.245 e. The molecule has 2 aromatic carbocycles. The molecule has 6 heteroatoms. The van der Waals surface area contributed by atoms with Crippen LogP contribution in [0, 0.1) is 13.8 Å². The number of hydrogen-bond acceptors (Lipinski definition) is 3. The van der Waals surface area contributed by atoms with Crippen LogP contribution in [0.1, 0.15) is 37.9 Å². The molecule has 0 radical (unpaired) electrons. The monoisotopic (exact) mass is 418 g/mol. The number of rotatable bonds is 8. The second-order valence-electron chi connectivity index (χ2n) is 7.64. The van der Waals surface area contributed by atoms with Crippen molar-refractivity contribution in [3.05, 3.63) is 65.9 Å². The van der Waals surface area contributed by atoms with Gasteiger partial charge in [-0.2, -0.15) is 5.10 Å². The molecule has 0 spiro atoms. The lowest BCUT2D eigenvalue weighted by Gasteiger charge is -2.21. The Hall–Kier alpha value is -3.41. The van der Waals surface area contributed by atoms with E-state index in [1.165, 1.54) is 0 Å². The van der Waals surface area contributed by atoms with Gasteiger partial charge in [-0.3, -0.25) is 9.59 Å². The molecular weight excluding hydrogens is 388 g/mol. The minimum Gasteiger partial charge on any atom is -0.333 e. The molecule has 31 heavy (non-hydrogen) atoms. The molecule has 162 valence electrons. The van der Waals surface area contributed by atoms with Crippen molar-refractivity contribution in [3.63, 3.8) is 0 Å². The van der Waals surface area contributed by atoms with E-state index in [0.29, 0.717) is 18.8 Å². The highest BCUT2D eigenvalue weighted by molar-refractivity contribution is 5.98. The Morgan fingerprint density at radius 3 is 2.29 bits per heavy atom. The van der Waals surface area contributed by atoms with Gasteiger partial charge >= 0.3 is 0 Å². The topological polar surface area (TPSA) is 67.2 Å². The molecular formula is C25H30N4O2. The highest BCUT2D eigenvalue weighted by Crippen LogP contribution is 2.33. The number of nitrogens with one attached hydrogen (secondary N) is 1. The molecule has 0 aliphatic rings. The maximum absolute atomic E-state index is 13.0. The van der Waals surface area contributed by atoms with Gasteiger partial charge in [0.15, 0.2) is 0 Å². The Kier molecular flexibility index (Phi) is 7.23. The molecule has 0 aliphatic carbocycles. The first-order valence-corrected chi connectivity index (χ1v) is 10.7. The van der Waals surface area contributed by atoms with Crippen LogP contribution in [0.4, 0.5) is 5.82 Å². The van der Waals surface area contributed by atoms with Crippen LogP contribution < -0.4 is 5.32 Å². The number of nitrogens with zero attached hydrogens (tertiary/aromatic N) is 3. The summed E-state index contributed by atoms with van der Waals surface area (Å²) in [6.07, 6.45) is 1.18. The molecule has 1 N–H and O–H groups in total. The van der Waals surface area contributed by atoms with E-state index in [1.807, 2.05) is 82.3 Å². The van der Waals surface area contributed by atoms with Gasteiger partial charge in [0, 0.05) is 18.5 Å². The molecule has 0 aliphatic heterocycles. The SMILES string of the molecule is CCCN(CC(=O)Nc1c(-c2ccccc2)c(C)nn1-c1ccc(C)cc1)C(=O)CC. The number of carbonyl (C=O) groups excluding carboxylic acids is 2. The first-order chi connectivity index (χ1) is 14.9. The van der Waals surface area contributed by atoms with Crippen LogP contribution in [-0.4, -0.2) is 39.6 Å². The minimum atomic E-state index is -0.235. The average Bonchev–Trinajstić information content (AvgIpc) is 3.09. The fraction of sp³-hybridized carbons (Fsp3) is 0.320. The molecule has 1 aromatic heterocycles. The van der Waals surface area contributed by atoms with Crippen molar-refractivity contribution in [3.8, 4) is 16.8 Å². The average molecular weight is 419 g/mol. The predicted molar refractivity (Wildman–Crippen MR) is 124 cm³/mol. The van der Waals surface area contributed by atoms with Gasteiger partial charge in [0.1, 0.15) is 5.82 Å². The Balaban J connectivity index is 2.01. The fourth-order valence-electron chi connectivity index (χ4n) is 3.60. The number of benzene rings is 2. The van der Waals surface area contributed by atoms with Crippen LogP contribution in [0.2, 0.25) is 0 Å².